The lowest BCUT2D eigenvalue weighted by Gasteiger charge is -2.09. The van der Waals surface area contributed by atoms with Crippen LogP contribution in [-0.4, -0.2) is 5.97 Å². The molecule has 4 rings (SSSR count). The van der Waals surface area contributed by atoms with Crippen molar-refractivity contribution >= 4 is 34.6 Å². The second-order valence-electron chi connectivity index (χ2n) is 6.26. The van der Waals surface area contributed by atoms with Gasteiger partial charge in [-0.15, -0.1) is 0 Å². The van der Waals surface area contributed by atoms with Gasteiger partial charge in [-0.1, -0.05) is 54.1 Å². The van der Waals surface area contributed by atoms with E-state index in [9.17, 15) is 9.59 Å². The number of carbonyl (C=O) groups is 1. The van der Waals surface area contributed by atoms with Crippen LogP contribution in [0.25, 0.3) is 28.4 Å². The second kappa shape index (κ2) is 8.17. The number of para-hydroxylation sites is 1. The Kier molecular flexibility index (Phi) is 5.27. The molecule has 1 heterocycles. The summed E-state index contributed by atoms with van der Waals surface area (Å²) in [4.78, 5) is 25.4. The highest BCUT2D eigenvalue weighted by atomic mass is 35.5. The molecule has 0 bridgehead atoms. The number of benzene rings is 3. The number of halogens is 1. The summed E-state index contributed by atoms with van der Waals surface area (Å²) in [7, 11) is 0. The third-order valence-corrected chi connectivity index (χ3v) is 4.53. The average Bonchev–Trinajstić information content (AvgIpc) is 2.75. The van der Waals surface area contributed by atoms with E-state index in [0.717, 1.165) is 5.56 Å². The minimum atomic E-state index is -0.674. The van der Waals surface area contributed by atoms with Gasteiger partial charge in [0.2, 0.25) is 11.2 Å². The van der Waals surface area contributed by atoms with Crippen molar-refractivity contribution in [1.82, 2.24) is 0 Å². The monoisotopic (exact) mass is 402 g/mol. The van der Waals surface area contributed by atoms with Crippen LogP contribution in [0.1, 0.15) is 5.56 Å². The summed E-state index contributed by atoms with van der Waals surface area (Å²) in [6.45, 7) is 0. The van der Waals surface area contributed by atoms with Crippen LogP contribution in [0.15, 0.2) is 94.2 Å². The lowest BCUT2D eigenvalue weighted by Crippen LogP contribution is -2.14. The number of hydrogen-bond acceptors (Lipinski definition) is 4. The molecule has 142 valence electrons. The first-order chi connectivity index (χ1) is 14.1. The predicted molar refractivity (Wildman–Crippen MR) is 114 cm³/mol. The molecule has 0 spiro atoms. The Hall–Kier alpha value is -3.63. The van der Waals surface area contributed by atoms with Gasteiger partial charge in [0, 0.05) is 16.7 Å². The molecular weight excluding hydrogens is 388 g/mol. The normalized spacial score (nSPS) is 11.1. The van der Waals surface area contributed by atoms with Gasteiger partial charge in [-0.3, -0.25) is 4.79 Å². The molecule has 0 amide bonds. The van der Waals surface area contributed by atoms with E-state index in [1.807, 2.05) is 30.3 Å². The van der Waals surface area contributed by atoms with Crippen LogP contribution < -0.4 is 10.2 Å². The smallest absolute Gasteiger partial charge is 0.336 e. The van der Waals surface area contributed by atoms with Gasteiger partial charge in [0.1, 0.15) is 5.58 Å². The summed E-state index contributed by atoms with van der Waals surface area (Å²) >= 11 is 5.96. The van der Waals surface area contributed by atoms with Crippen molar-refractivity contribution in [3.05, 3.63) is 106 Å². The van der Waals surface area contributed by atoms with Gasteiger partial charge in [-0.05, 0) is 48.0 Å². The molecule has 0 saturated carbocycles. The molecule has 1 aromatic heterocycles. The van der Waals surface area contributed by atoms with Crippen molar-refractivity contribution < 1.29 is 13.9 Å². The van der Waals surface area contributed by atoms with Crippen molar-refractivity contribution in [2.24, 2.45) is 0 Å². The topological polar surface area (TPSA) is 56.5 Å². The Morgan fingerprint density at radius 2 is 1.59 bits per heavy atom. The predicted octanol–water partition coefficient (Wildman–Crippen LogP) is 5.73. The van der Waals surface area contributed by atoms with Crippen molar-refractivity contribution in [1.29, 1.82) is 0 Å². The zero-order valence-corrected chi connectivity index (χ0v) is 15.9. The van der Waals surface area contributed by atoms with E-state index in [4.69, 9.17) is 20.8 Å². The molecular formula is C24H15ClO4. The van der Waals surface area contributed by atoms with E-state index >= 15 is 0 Å². The van der Waals surface area contributed by atoms with Crippen molar-refractivity contribution in [3.8, 4) is 17.1 Å². The van der Waals surface area contributed by atoms with Gasteiger partial charge in [0.05, 0.1) is 5.39 Å². The first-order valence-corrected chi connectivity index (χ1v) is 9.26. The molecule has 0 N–H and O–H groups in total. The molecule has 0 aliphatic rings. The molecule has 0 saturated heterocycles. The highest BCUT2D eigenvalue weighted by Gasteiger charge is 2.19. The summed E-state index contributed by atoms with van der Waals surface area (Å²) in [6.07, 6.45) is 2.89. The van der Waals surface area contributed by atoms with Crippen LogP contribution in [0, 0.1) is 0 Å². The van der Waals surface area contributed by atoms with Crippen LogP contribution in [0.3, 0.4) is 0 Å². The van der Waals surface area contributed by atoms with Gasteiger partial charge in [-0.25, -0.2) is 4.79 Å². The highest BCUT2D eigenvalue weighted by molar-refractivity contribution is 6.30. The van der Waals surface area contributed by atoms with E-state index in [-0.39, 0.29) is 11.5 Å². The van der Waals surface area contributed by atoms with E-state index in [1.165, 1.54) is 6.08 Å². The first-order valence-electron chi connectivity index (χ1n) is 8.88. The molecule has 4 aromatic rings. The molecule has 0 aliphatic heterocycles. The summed E-state index contributed by atoms with van der Waals surface area (Å²) in [6, 6.07) is 22.9. The third kappa shape index (κ3) is 4.13. The highest BCUT2D eigenvalue weighted by Crippen LogP contribution is 2.31. The zero-order chi connectivity index (χ0) is 20.2. The zero-order valence-electron chi connectivity index (χ0n) is 15.2. The van der Waals surface area contributed by atoms with Gasteiger partial charge in [0.25, 0.3) is 0 Å². The maximum Gasteiger partial charge on any atom is 0.336 e. The van der Waals surface area contributed by atoms with Crippen LogP contribution >= 0.6 is 11.6 Å². The van der Waals surface area contributed by atoms with E-state index < -0.39 is 11.4 Å². The maximum atomic E-state index is 13.0. The summed E-state index contributed by atoms with van der Waals surface area (Å²) in [5, 5.41) is 0.876. The number of ether oxygens (including phenoxy) is 1. The Bertz CT molecular complexity index is 1260. The lowest BCUT2D eigenvalue weighted by atomic mass is 10.1. The van der Waals surface area contributed by atoms with E-state index in [2.05, 4.69) is 0 Å². The second-order valence-corrected chi connectivity index (χ2v) is 6.69. The van der Waals surface area contributed by atoms with E-state index in [1.54, 1.807) is 54.6 Å². The molecule has 0 aliphatic carbocycles. The van der Waals surface area contributed by atoms with E-state index in [0.29, 0.717) is 21.6 Å². The summed E-state index contributed by atoms with van der Waals surface area (Å²) < 4.78 is 11.3. The fraction of sp³-hybridized carbons (Fsp3) is 0. The minimum absolute atomic E-state index is 0.159. The largest absolute Gasteiger partial charge is 0.452 e. The SMILES string of the molecule is O=C(/C=C/c1ccccc1)Oc1c(-c2ccc(Cl)cc2)oc2ccccc2c1=O. The standard InChI is InChI=1S/C24H15ClO4/c25-18-13-11-17(12-14-18)23-24(22(27)19-8-4-5-9-20(19)28-23)29-21(26)15-10-16-6-2-1-3-7-16/h1-15H/b15-10+. The first kappa shape index (κ1) is 18.7. The molecule has 4 nitrogen and oxygen atoms in total. The quantitative estimate of drug-likeness (QED) is 0.323. The molecule has 29 heavy (non-hydrogen) atoms. The number of hydrogen-bond donors (Lipinski definition) is 0. The number of rotatable bonds is 4. The molecule has 0 radical (unpaired) electrons. The molecule has 3 aromatic carbocycles. The average molecular weight is 403 g/mol. The van der Waals surface area contributed by atoms with Crippen LogP contribution in [-0.2, 0) is 4.79 Å². The van der Waals surface area contributed by atoms with Gasteiger partial charge in [-0.2, -0.15) is 0 Å². The van der Waals surface area contributed by atoms with Crippen LogP contribution in [0.5, 0.6) is 5.75 Å². The van der Waals surface area contributed by atoms with Crippen molar-refractivity contribution in [2.75, 3.05) is 0 Å². The molecule has 0 unspecified atom stereocenters. The van der Waals surface area contributed by atoms with Gasteiger partial charge in [0.15, 0.2) is 5.76 Å². The Morgan fingerprint density at radius 1 is 0.897 bits per heavy atom. The Morgan fingerprint density at radius 3 is 2.34 bits per heavy atom. The maximum absolute atomic E-state index is 13.0. The summed E-state index contributed by atoms with van der Waals surface area (Å²) in [5.74, 6) is -0.660. The third-order valence-electron chi connectivity index (χ3n) is 4.28. The minimum Gasteiger partial charge on any atom is -0.452 e. The number of carbonyl (C=O) groups excluding carboxylic acids is 1. The van der Waals surface area contributed by atoms with Crippen LogP contribution in [0.4, 0.5) is 0 Å². The number of fused-ring (bicyclic) bond motifs is 1. The van der Waals surface area contributed by atoms with Crippen LogP contribution in [0.2, 0.25) is 5.02 Å². The summed E-state index contributed by atoms with van der Waals surface area (Å²) in [5.41, 5.74) is 1.40. The van der Waals surface area contributed by atoms with Crippen molar-refractivity contribution in [2.45, 2.75) is 0 Å². The van der Waals surface area contributed by atoms with Gasteiger partial charge < -0.3 is 9.15 Å². The molecule has 5 heteroatoms. The molecule has 0 fully saturated rings. The fourth-order valence-electron chi connectivity index (χ4n) is 2.87. The lowest BCUT2D eigenvalue weighted by molar-refractivity contribution is -0.129. The molecule has 0 atom stereocenters. The Balaban J connectivity index is 1.77. The number of esters is 1. The fourth-order valence-corrected chi connectivity index (χ4v) is 3.00. The Labute approximate surface area is 171 Å². The van der Waals surface area contributed by atoms with Crippen molar-refractivity contribution in [3.63, 3.8) is 0 Å². The van der Waals surface area contributed by atoms with Gasteiger partial charge >= 0.3 is 5.97 Å².